The quantitative estimate of drug-likeness (QED) is 0.165. The van der Waals surface area contributed by atoms with Crippen molar-refractivity contribution >= 4 is 29.7 Å². The first-order valence-corrected chi connectivity index (χ1v) is 14.7. The molecule has 1 aliphatic rings. The summed E-state index contributed by atoms with van der Waals surface area (Å²) in [6, 6.07) is 7.02. The monoisotopic (exact) mass is 606 g/mol. The van der Waals surface area contributed by atoms with E-state index >= 15 is 0 Å². The van der Waals surface area contributed by atoms with Crippen LogP contribution >= 0.6 is 0 Å². The smallest absolute Gasteiger partial charge is 0.317 e. The van der Waals surface area contributed by atoms with Crippen LogP contribution in [0.1, 0.15) is 42.1 Å². The number of benzene rings is 1. The Balaban J connectivity index is 1.99. The van der Waals surface area contributed by atoms with Gasteiger partial charge in [-0.25, -0.2) is 0 Å². The van der Waals surface area contributed by atoms with Gasteiger partial charge in [-0.1, -0.05) is 31.9 Å². The number of rotatable bonds is 15. The van der Waals surface area contributed by atoms with E-state index < -0.39 is 17.9 Å². The maximum absolute atomic E-state index is 12.9. The predicted octanol–water partition coefficient (Wildman–Crippen LogP) is -0.302. The van der Waals surface area contributed by atoms with E-state index in [1.54, 1.807) is 39.0 Å². The Labute approximate surface area is 252 Å². The molecule has 14 nitrogen and oxygen atoms in total. The lowest BCUT2D eigenvalue weighted by molar-refractivity contribution is -0.140. The minimum absolute atomic E-state index is 0.0329. The lowest BCUT2D eigenvalue weighted by Crippen LogP contribution is -2.49. The molecular formula is C29H46N6O8. The maximum atomic E-state index is 12.9. The van der Waals surface area contributed by atoms with Crippen molar-refractivity contribution in [1.29, 1.82) is 0 Å². The molecule has 0 aromatic heterocycles. The van der Waals surface area contributed by atoms with E-state index in [2.05, 4.69) is 17.6 Å². The van der Waals surface area contributed by atoms with Gasteiger partial charge in [0.2, 0.25) is 5.91 Å². The van der Waals surface area contributed by atoms with Crippen LogP contribution in [0, 0.1) is 0 Å². The van der Waals surface area contributed by atoms with Gasteiger partial charge in [0.15, 0.2) is 0 Å². The highest BCUT2D eigenvalue weighted by molar-refractivity contribution is 5.94. The van der Waals surface area contributed by atoms with Gasteiger partial charge in [-0.2, -0.15) is 0 Å². The van der Waals surface area contributed by atoms with Gasteiger partial charge in [0.05, 0.1) is 26.2 Å². The molecule has 2 rings (SSSR count). The van der Waals surface area contributed by atoms with Crippen LogP contribution in [0.25, 0.3) is 0 Å². The molecule has 0 radical (unpaired) electrons. The fourth-order valence-electron chi connectivity index (χ4n) is 4.70. The molecule has 1 fully saturated rings. The van der Waals surface area contributed by atoms with Gasteiger partial charge in [0, 0.05) is 71.0 Å². The second kappa shape index (κ2) is 19.6. The largest absolute Gasteiger partial charge is 0.480 e. The van der Waals surface area contributed by atoms with Crippen molar-refractivity contribution in [3.05, 3.63) is 35.4 Å². The van der Waals surface area contributed by atoms with Gasteiger partial charge in [0.1, 0.15) is 0 Å². The SMILES string of the molecule is CCCCCNC(=O)c1ccc(CNC(=O)CN2CCN(CC(=O)O)CCN(CC(=O)O)CCN(CC(=O)O)CC2)cc1. The first kappa shape index (κ1) is 35.6. The maximum Gasteiger partial charge on any atom is 0.317 e. The summed E-state index contributed by atoms with van der Waals surface area (Å²) in [6.07, 6.45) is 3.07. The van der Waals surface area contributed by atoms with Crippen molar-refractivity contribution in [2.45, 2.75) is 32.7 Å². The van der Waals surface area contributed by atoms with Crippen molar-refractivity contribution in [3.8, 4) is 0 Å². The second-order valence-electron chi connectivity index (χ2n) is 10.7. The fraction of sp³-hybridized carbons (Fsp3) is 0.621. The number of aliphatic carboxylic acids is 3. The summed E-state index contributed by atoms with van der Waals surface area (Å²) in [6.45, 7) is 4.98. The molecule has 43 heavy (non-hydrogen) atoms. The van der Waals surface area contributed by atoms with Crippen molar-refractivity contribution in [1.82, 2.24) is 30.2 Å². The molecular weight excluding hydrogens is 560 g/mol. The fourth-order valence-corrected chi connectivity index (χ4v) is 4.70. The molecule has 0 aliphatic carbocycles. The number of unbranched alkanes of at least 4 members (excludes halogenated alkanes) is 2. The molecule has 0 unspecified atom stereocenters. The Morgan fingerprint density at radius 3 is 1.44 bits per heavy atom. The topological polar surface area (TPSA) is 183 Å². The zero-order valence-corrected chi connectivity index (χ0v) is 25.0. The summed E-state index contributed by atoms with van der Waals surface area (Å²) in [4.78, 5) is 66.3. The molecule has 0 atom stereocenters. The van der Waals surface area contributed by atoms with Crippen molar-refractivity contribution < 1.29 is 39.3 Å². The molecule has 14 heteroatoms. The van der Waals surface area contributed by atoms with Gasteiger partial charge >= 0.3 is 17.9 Å². The number of nitrogens with one attached hydrogen (secondary N) is 2. The number of carboxylic acid groups (broad SMARTS) is 3. The summed E-state index contributed by atoms with van der Waals surface area (Å²) < 4.78 is 0. The average Bonchev–Trinajstić information content (AvgIpc) is 2.95. The lowest BCUT2D eigenvalue weighted by Gasteiger charge is -2.32. The molecule has 1 aromatic rings. The highest BCUT2D eigenvalue weighted by atomic mass is 16.4. The summed E-state index contributed by atoms with van der Waals surface area (Å²) >= 11 is 0. The zero-order valence-electron chi connectivity index (χ0n) is 25.0. The van der Waals surface area contributed by atoms with Crippen LogP contribution in [0.15, 0.2) is 24.3 Å². The van der Waals surface area contributed by atoms with E-state index in [0.29, 0.717) is 64.5 Å². The first-order chi connectivity index (χ1) is 20.5. The van der Waals surface area contributed by atoms with Crippen LogP contribution in [0.2, 0.25) is 0 Å². The molecule has 1 aromatic carbocycles. The molecule has 0 spiro atoms. The summed E-state index contributed by atoms with van der Waals surface area (Å²) in [5.41, 5.74) is 1.38. The number of hydrogen-bond donors (Lipinski definition) is 5. The summed E-state index contributed by atoms with van der Waals surface area (Å²) in [7, 11) is 0. The van der Waals surface area contributed by atoms with E-state index in [1.807, 2.05) is 4.90 Å². The minimum Gasteiger partial charge on any atom is -0.480 e. The second-order valence-corrected chi connectivity index (χ2v) is 10.7. The van der Waals surface area contributed by atoms with Gasteiger partial charge in [-0.15, -0.1) is 0 Å². The lowest BCUT2D eigenvalue weighted by atomic mass is 10.1. The van der Waals surface area contributed by atoms with E-state index in [0.717, 1.165) is 24.8 Å². The molecule has 1 saturated heterocycles. The van der Waals surface area contributed by atoms with Gasteiger partial charge in [-0.3, -0.25) is 43.6 Å². The Morgan fingerprint density at radius 1 is 0.628 bits per heavy atom. The van der Waals surface area contributed by atoms with Crippen LogP contribution in [0.4, 0.5) is 0 Å². The molecule has 1 aliphatic heterocycles. The van der Waals surface area contributed by atoms with Crippen LogP contribution in [-0.4, -0.2) is 150 Å². The Morgan fingerprint density at radius 2 is 1.05 bits per heavy atom. The minimum atomic E-state index is -1.02. The molecule has 240 valence electrons. The van der Waals surface area contributed by atoms with Crippen LogP contribution < -0.4 is 10.6 Å². The number of nitrogens with zero attached hydrogens (tertiary/aromatic N) is 4. The zero-order chi connectivity index (χ0) is 31.6. The number of carboxylic acids is 3. The standard InChI is InChI=1S/C29H46N6O8/c1-2-3-4-9-30-29(43)24-7-5-23(6-8-24)18-31-25(36)19-32-10-12-33(20-26(37)38)14-16-35(22-28(41)42)17-15-34(13-11-32)21-27(39)40/h5-8H,2-4,9-22H2,1H3,(H,30,43)(H,31,36)(H,37,38)(H,39,40)(H,41,42). The van der Waals surface area contributed by atoms with Gasteiger partial charge < -0.3 is 26.0 Å². The van der Waals surface area contributed by atoms with E-state index in [4.69, 9.17) is 0 Å². The predicted molar refractivity (Wildman–Crippen MR) is 159 cm³/mol. The first-order valence-electron chi connectivity index (χ1n) is 14.7. The average molecular weight is 607 g/mol. The third-order valence-corrected chi connectivity index (χ3v) is 7.15. The third kappa shape index (κ3) is 15.4. The Bertz CT molecular complexity index is 1020. The van der Waals surface area contributed by atoms with E-state index in [-0.39, 0.29) is 44.5 Å². The number of amides is 2. The molecule has 5 N–H and O–H groups in total. The molecule has 0 saturated carbocycles. The summed E-state index contributed by atoms with van der Waals surface area (Å²) in [5, 5.41) is 33.8. The van der Waals surface area contributed by atoms with Crippen molar-refractivity contribution in [2.24, 2.45) is 0 Å². The van der Waals surface area contributed by atoms with Crippen molar-refractivity contribution in [3.63, 3.8) is 0 Å². The van der Waals surface area contributed by atoms with Crippen LogP contribution in [-0.2, 0) is 25.7 Å². The third-order valence-electron chi connectivity index (χ3n) is 7.15. The number of carbonyl (C=O) groups is 5. The van der Waals surface area contributed by atoms with Crippen LogP contribution in [0.5, 0.6) is 0 Å². The molecule has 1 heterocycles. The highest BCUT2D eigenvalue weighted by Crippen LogP contribution is 2.06. The highest BCUT2D eigenvalue weighted by Gasteiger charge is 2.21. The Hall–Kier alpha value is -3.59. The van der Waals surface area contributed by atoms with E-state index in [1.165, 1.54) is 0 Å². The molecule has 2 amide bonds. The van der Waals surface area contributed by atoms with Gasteiger partial charge in [0.25, 0.3) is 5.91 Å². The normalized spacial score (nSPS) is 16.5. The van der Waals surface area contributed by atoms with Crippen LogP contribution in [0.3, 0.4) is 0 Å². The summed E-state index contributed by atoms with van der Waals surface area (Å²) in [5.74, 6) is -3.40. The van der Waals surface area contributed by atoms with Crippen molar-refractivity contribution in [2.75, 3.05) is 85.1 Å². The number of hydrogen-bond acceptors (Lipinski definition) is 9. The number of carbonyl (C=O) groups excluding carboxylic acids is 2. The Kier molecular flexibility index (Phi) is 16.2. The van der Waals surface area contributed by atoms with E-state index in [9.17, 15) is 39.3 Å². The molecule has 0 bridgehead atoms. The van der Waals surface area contributed by atoms with Gasteiger partial charge in [-0.05, 0) is 24.1 Å².